The topological polar surface area (TPSA) is 39.2 Å². The molecule has 0 fully saturated rings. The van der Waals surface area contributed by atoms with Crippen LogP contribution >= 0.6 is 0 Å². The number of pyridine rings is 1. The molecule has 0 atom stereocenters. The molecule has 1 heterocycles. The molecule has 0 N–H and O–H groups in total. The van der Waals surface area contributed by atoms with Gasteiger partial charge < -0.3 is 4.74 Å². The number of benzene rings is 1. The highest BCUT2D eigenvalue weighted by Gasteiger charge is 2.07. The summed E-state index contributed by atoms with van der Waals surface area (Å²) in [5, 5.41) is 0.876. The van der Waals surface area contributed by atoms with Crippen LogP contribution < -0.4 is 4.74 Å². The standard InChI is InChI=1S/C13H13NO2/c1-8-6-13(16-3)11-7-10(9(2)15)4-5-12(11)14-8/h4-7H,1-3H3. The highest BCUT2D eigenvalue weighted by molar-refractivity contribution is 5.99. The summed E-state index contributed by atoms with van der Waals surface area (Å²) in [4.78, 5) is 15.7. The lowest BCUT2D eigenvalue weighted by molar-refractivity contribution is 0.101. The summed E-state index contributed by atoms with van der Waals surface area (Å²) >= 11 is 0. The normalized spacial score (nSPS) is 10.4. The minimum absolute atomic E-state index is 0.0459. The van der Waals surface area contributed by atoms with Crippen molar-refractivity contribution < 1.29 is 9.53 Å². The zero-order valence-corrected chi connectivity index (χ0v) is 9.57. The van der Waals surface area contributed by atoms with E-state index in [1.54, 1.807) is 20.1 Å². The summed E-state index contributed by atoms with van der Waals surface area (Å²) in [6.45, 7) is 3.47. The second kappa shape index (κ2) is 3.93. The van der Waals surface area contributed by atoms with Crippen LogP contribution in [0.1, 0.15) is 23.0 Å². The van der Waals surface area contributed by atoms with Crippen molar-refractivity contribution in [3.8, 4) is 5.75 Å². The first kappa shape index (κ1) is 10.6. The second-order valence-corrected chi connectivity index (χ2v) is 3.75. The van der Waals surface area contributed by atoms with Crippen LogP contribution in [0.15, 0.2) is 24.3 Å². The maximum Gasteiger partial charge on any atom is 0.159 e. The maximum atomic E-state index is 11.3. The SMILES string of the molecule is COc1cc(C)nc2ccc(C(C)=O)cc12. The molecule has 0 bridgehead atoms. The number of rotatable bonds is 2. The van der Waals surface area contributed by atoms with Crippen molar-refractivity contribution in [2.45, 2.75) is 13.8 Å². The van der Waals surface area contributed by atoms with E-state index in [9.17, 15) is 4.79 Å². The number of aromatic nitrogens is 1. The van der Waals surface area contributed by atoms with E-state index in [2.05, 4.69) is 4.98 Å². The van der Waals surface area contributed by atoms with Crippen LogP contribution in [-0.2, 0) is 0 Å². The molecule has 0 saturated carbocycles. The van der Waals surface area contributed by atoms with Crippen LogP contribution in [0.5, 0.6) is 5.75 Å². The molecule has 0 amide bonds. The predicted molar refractivity (Wildman–Crippen MR) is 63.0 cm³/mol. The van der Waals surface area contributed by atoms with Crippen LogP contribution in [0.3, 0.4) is 0 Å². The van der Waals surface area contributed by atoms with Gasteiger partial charge >= 0.3 is 0 Å². The third-order valence-electron chi connectivity index (χ3n) is 2.53. The average molecular weight is 215 g/mol. The van der Waals surface area contributed by atoms with Crippen LogP contribution in [-0.4, -0.2) is 17.9 Å². The summed E-state index contributed by atoms with van der Waals surface area (Å²) in [6.07, 6.45) is 0. The third-order valence-corrected chi connectivity index (χ3v) is 2.53. The van der Waals surface area contributed by atoms with E-state index in [1.807, 2.05) is 25.1 Å². The summed E-state index contributed by atoms with van der Waals surface area (Å²) in [7, 11) is 1.62. The van der Waals surface area contributed by atoms with Gasteiger partial charge in [-0.25, -0.2) is 0 Å². The smallest absolute Gasteiger partial charge is 0.159 e. The number of carbonyl (C=O) groups excluding carboxylic acids is 1. The van der Waals surface area contributed by atoms with E-state index in [0.717, 1.165) is 22.3 Å². The van der Waals surface area contributed by atoms with Gasteiger partial charge in [0, 0.05) is 22.7 Å². The van der Waals surface area contributed by atoms with Crippen molar-refractivity contribution in [3.05, 3.63) is 35.5 Å². The minimum atomic E-state index is 0.0459. The molecule has 3 heteroatoms. The Labute approximate surface area is 94.1 Å². The van der Waals surface area contributed by atoms with Crippen molar-refractivity contribution in [2.24, 2.45) is 0 Å². The largest absolute Gasteiger partial charge is 0.496 e. The molecular weight excluding hydrogens is 202 g/mol. The van der Waals surface area contributed by atoms with Crippen LogP contribution in [0, 0.1) is 6.92 Å². The number of carbonyl (C=O) groups is 1. The highest BCUT2D eigenvalue weighted by atomic mass is 16.5. The number of nitrogens with zero attached hydrogens (tertiary/aromatic N) is 1. The van der Waals surface area contributed by atoms with Gasteiger partial charge in [0.1, 0.15) is 5.75 Å². The van der Waals surface area contributed by atoms with Gasteiger partial charge in [-0.1, -0.05) is 0 Å². The van der Waals surface area contributed by atoms with Gasteiger partial charge in [-0.15, -0.1) is 0 Å². The first-order valence-electron chi connectivity index (χ1n) is 5.08. The quantitative estimate of drug-likeness (QED) is 0.723. The maximum absolute atomic E-state index is 11.3. The molecule has 2 rings (SSSR count). The van der Waals surface area contributed by atoms with Crippen molar-refractivity contribution in [1.29, 1.82) is 0 Å². The molecule has 0 unspecified atom stereocenters. The Bertz CT molecular complexity index is 561. The van der Waals surface area contributed by atoms with Crippen LogP contribution in [0.4, 0.5) is 0 Å². The first-order chi connectivity index (χ1) is 7.61. The molecule has 3 nitrogen and oxygen atoms in total. The van der Waals surface area contributed by atoms with Crippen LogP contribution in [0.2, 0.25) is 0 Å². The molecule has 0 radical (unpaired) electrons. The summed E-state index contributed by atoms with van der Waals surface area (Å²) in [5.41, 5.74) is 2.43. The highest BCUT2D eigenvalue weighted by Crippen LogP contribution is 2.26. The Morgan fingerprint density at radius 2 is 2.06 bits per heavy atom. The van der Waals surface area contributed by atoms with Gasteiger partial charge in [0.15, 0.2) is 5.78 Å². The molecule has 0 aliphatic rings. The monoisotopic (exact) mass is 215 g/mol. The van der Waals surface area contributed by atoms with Crippen molar-refractivity contribution in [1.82, 2.24) is 4.98 Å². The fourth-order valence-corrected chi connectivity index (χ4v) is 1.71. The molecule has 0 spiro atoms. The first-order valence-corrected chi connectivity index (χ1v) is 5.08. The van der Waals surface area contributed by atoms with Crippen molar-refractivity contribution in [3.63, 3.8) is 0 Å². The second-order valence-electron chi connectivity index (χ2n) is 3.75. The lowest BCUT2D eigenvalue weighted by Crippen LogP contribution is -1.95. The number of methoxy groups -OCH3 is 1. The van der Waals surface area contributed by atoms with E-state index in [0.29, 0.717) is 5.56 Å². The molecule has 0 aliphatic carbocycles. The minimum Gasteiger partial charge on any atom is -0.496 e. The lowest BCUT2D eigenvalue weighted by Gasteiger charge is -2.07. The van der Waals surface area contributed by atoms with Gasteiger partial charge in [-0.2, -0.15) is 0 Å². The fourth-order valence-electron chi connectivity index (χ4n) is 1.71. The Kier molecular flexibility index (Phi) is 2.60. The van der Waals surface area contributed by atoms with Gasteiger partial charge in [-0.3, -0.25) is 9.78 Å². The van der Waals surface area contributed by atoms with E-state index < -0.39 is 0 Å². The Hall–Kier alpha value is -1.90. The predicted octanol–water partition coefficient (Wildman–Crippen LogP) is 2.75. The number of aryl methyl sites for hydroxylation is 1. The van der Waals surface area contributed by atoms with E-state index in [4.69, 9.17) is 4.74 Å². The molecule has 0 saturated heterocycles. The number of Topliss-reactive ketones (excluding diaryl/α,β-unsaturated/α-hetero) is 1. The number of hydrogen-bond donors (Lipinski definition) is 0. The molecule has 82 valence electrons. The van der Waals surface area contributed by atoms with E-state index >= 15 is 0 Å². The Morgan fingerprint density at radius 1 is 1.31 bits per heavy atom. The Morgan fingerprint density at radius 3 is 2.69 bits per heavy atom. The van der Waals surface area contributed by atoms with Gasteiger partial charge in [0.25, 0.3) is 0 Å². The van der Waals surface area contributed by atoms with Gasteiger partial charge in [0.2, 0.25) is 0 Å². The van der Waals surface area contributed by atoms with E-state index in [1.165, 1.54) is 0 Å². The summed E-state index contributed by atoms with van der Waals surface area (Å²) < 4.78 is 5.29. The van der Waals surface area contributed by atoms with Crippen molar-refractivity contribution >= 4 is 16.7 Å². The molecule has 16 heavy (non-hydrogen) atoms. The van der Waals surface area contributed by atoms with Gasteiger partial charge in [-0.05, 0) is 32.0 Å². The number of ketones is 1. The van der Waals surface area contributed by atoms with E-state index in [-0.39, 0.29) is 5.78 Å². The van der Waals surface area contributed by atoms with Crippen LogP contribution in [0.25, 0.3) is 10.9 Å². The lowest BCUT2D eigenvalue weighted by atomic mass is 10.1. The number of hydrogen-bond acceptors (Lipinski definition) is 3. The number of ether oxygens (including phenoxy) is 1. The zero-order chi connectivity index (χ0) is 11.7. The zero-order valence-electron chi connectivity index (χ0n) is 9.57. The Balaban J connectivity index is 2.75. The van der Waals surface area contributed by atoms with Gasteiger partial charge in [0.05, 0.1) is 12.6 Å². The van der Waals surface area contributed by atoms with Crippen molar-refractivity contribution in [2.75, 3.05) is 7.11 Å². The number of fused-ring (bicyclic) bond motifs is 1. The average Bonchev–Trinajstić information content (AvgIpc) is 2.27. The molecule has 0 aliphatic heterocycles. The molecule has 2 aromatic rings. The summed E-state index contributed by atoms with van der Waals surface area (Å²) in [5.74, 6) is 0.801. The molecule has 1 aromatic carbocycles. The molecule has 1 aromatic heterocycles. The molecular formula is C13H13NO2. The summed E-state index contributed by atoms with van der Waals surface area (Å²) in [6, 6.07) is 7.33. The fraction of sp³-hybridized carbons (Fsp3) is 0.231. The third kappa shape index (κ3) is 1.76.